The molecule has 0 bridgehead atoms. The molecule has 4 rings (SSSR count). The summed E-state index contributed by atoms with van der Waals surface area (Å²) in [6, 6.07) is 11.4. The lowest BCUT2D eigenvalue weighted by atomic mass is 9.64. The molecule has 0 aliphatic heterocycles. The molecule has 3 aromatic rings. The molecule has 0 saturated heterocycles. The number of fused-ring (bicyclic) bond motifs is 1. The van der Waals surface area contributed by atoms with Crippen LogP contribution >= 0.6 is 0 Å². The summed E-state index contributed by atoms with van der Waals surface area (Å²) in [6.45, 7) is 1.13. The number of aromatic nitrogens is 3. The summed E-state index contributed by atoms with van der Waals surface area (Å²) in [7, 11) is 1.68. The van der Waals surface area contributed by atoms with Crippen molar-refractivity contribution in [1.29, 1.82) is 0 Å². The maximum absolute atomic E-state index is 13.1. The first-order chi connectivity index (χ1) is 14.9. The molecule has 2 N–H and O–H groups in total. The third-order valence-corrected chi connectivity index (χ3v) is 5.96. The molecular weight excluding hydrogens is 405 g/mol. The highest BCUT2D eigenvalue weighted by molar-refractivity contribution is 5.79. The van der Waals surface area contributed by atoms with Gasteiger partial charge in [-0.25, -0.2) is 0 Å². The monoisotopic (exact) mass is 430 g/mol. The third kappa shape index (κ3) is 4.50. The first-order valence-corrected chi connectivity index (χ1v) is 10.3. The summed E-state index contributed by atoms with van der Waals surface area (Å²) >= 11 is 0. The van der Waals surface area contributed by atoms with E-state index in [0.717, 1.165) is 42.4 Å². The average molecular weight is 430 g/mol. The summed E-state index contributed by atoms with van der Waals surface area (Å²) < 4.78 is 41.4. The maximum Gasteiger partial charge on any atom is 0.416 e. The van der Waals surface area contributed by atoms with Crippen molar-refractivity contribution in [3.63, 3.8) is 0 Å². The molecule has 31 heavy (non-hydrogen) atoms. The zero-order chi connectivity index (χ0) is 21.9. The van der Waals surface area contributed by atoms with Crippen molar-refractivity contribution >= 4 is 11.6 Å². The van der Waals surface area contributed by atoms with Gasteiger partial charge in [0, 0.05) is 38.2 Å². The Morgan fingerprint density at radius 2 is 1.97 bits per heavy atom. The number of guanidine groups is 1. The van der Waals surface area contributed by atoms with Gasteiger partial charge >= 0.3 is 6.18 Å². The summed E-state index contributed by atoms with van der Waals surface area (Å²) in [6.07, 6.45) is 0.952. The van der Waals surface area contributed by atoms with Crippen LogP contribution in [0.5, 0.6) is 0 Å². The fourth-order valence-corrected chi connectivity index (χ4v) is 4.02. The molecule has 0 atom stereocenters. The molecule has 6 nitrogen and oxygen atoms in total. The van der Waals surface area contributed by atoms with Crippen LogP contribution in [0.25, 0.3) is 5.65 Å². The van der Waals surface area contributed by atoms with E-state index in [1.165, 1.54) is 12.1 Å². The SMILES string of the molecule is CN=C(NCCc1nnc2ccccn12)NCC1(c2cccc(C(F)(F)F)c2)CCC1. The molecule has 1 aliphatic carbocycles. The smallest absolute Gasteiger partial charge is 0.356 e. The number of alkyl halides is 3. The number of aliphatic imine (C=N–C) groups is 1. The quantitative estimate of drug-likeness (QED) is 0.464. The van der Waals surface area contributed by atoms with Gasteiger partial charge in [-0.3, -0.25) is 9.39 Å². The van der Waals surface area contributed by atoms with Crippen LogP contribution in [0.4, 0.5) is 13.2 Å². The van der Waals surface area contributed by atoms with Crippen LogP contribution in [0.3, 0.4) is 0 Å². The largest absolute Gasteiger partial charge is 0.416 e. The summed E-state index contributed by atoms with van der Waals surface area (Å²) in [5, 5.41) is 14.9. The highest BCUT2D eigenvalue weighted by Gasteiger charge is 2.40. The zero-order valence-electron chi connectivity index (χ0n) is 17.3. The normalized spacial score (nSPS) is 16.2. The lowest BCUT2D eigenvalue weighted by Crippen LogP contribution is -2.49. The Bertz CT molecular complexity index is 1070. The molecule has 1 aliphatic rings. The van der Waals surface area contributed by atoms with Crippen molar-refractivity contribution in [3.8, 4) is 0 Å². The fourth-order valence-electron chi connectivity index (χ4n) is 4.02. The number of hydrogen-bond donors (Lipinski definition) is 2. The van der Waals surface area contributed by atoms with Gasteiger partial charge in [0.15, 0.2) is 11.6 Å². The minimum absolute atomic E-state index is 0.303. The minimum atomic E-state index is -4.34. The van der Waals surface area contributed by atoms with Crippen LogP contribution in [0.15, 0.2) is 53.7 Å². The molecule has 2 heterocycles. The Morgan fingerprint density at radius 3 is 2.68 bits per heavy atom. The Labute approximate surface area is 178 Å². The molecule has 2 aromatic heterocycles. The number of rotatable bonds is 6. The Kier molecular flexibility index (Phi) is 5.84. The summed E-state index contributed by atoms with van der Waals surface area (Å²) in [4.78, 5) is 4.25. The first kappa shape index (κ1) is 21.1. The second-order valence-electron chi connectivity index (χ2n) is 7.86. The van der Waals surface area contributed by atoms with Gasteiger partial charge in [-0.2, -0.15) is 13.2 Å². The van der Waals surface area contributed by atoms with Crippen molar-refractivity contribution in [1.82, 2.24) is 25.2 Å². The lowest BCUT2D eigenvalue weighted by molar-refractivity contribution is -0.137. The Morgan fingerprint density at radius 1 is 1.13 bits per heavy atom. The van der Waals surface area contributed by atoms with Gasteiger partial charge in [0.25, 0.3) is 0 Å². The third-order valence-electron chi connectivity index (χ3n) is 5.96. The van der Waals surface area contributed by atoms with E-state index in [2.05, 4.69) is 25.8 Å². The van der Waals surface area contributed by atoms with E-state index in [1.54, 1.807) is 13.1 Å². The van der Waals surface area contributed by atoms with Crippen molar-refractivity contribution in [3.05, 3.63) is 65.6 Å². The Hall–Kier alpha value is -3.10. The van der Waals surface area contributed by atoms with E-state index in [0.29, 0.717) is 25.5 Å². The molecular formula is C22H25F3N6. The maximum atomic E-state index is 13.1. The van der Waals surface area contributed by atoms with E-state index in [-0.39, 0.29) is 5.41 Å². The van der Waals surface area contributed by atoms with Gasteiger partial charge in [0.2, 0.25) is 0 Å². The molecule has 164 valence electrons. The van der Waals surface area contributed by atoms with E-state index in [4.69, 9.17) is 0 Å². The highest BCUT2D eigenvalue weighted by atomic mass is 19.4. The molecule has 0 spiro atoms. The topological polar surface area (TPSA) is 66.6 Å². The van der Waals surface area contributed by atoms with Crippen LogP contribution in [0, 0.1) is 0 Å². The van der Waals surface area contributed by atoms with Crippen LogP contribution < -0.4 is 10.6 Å². The second kappa shape index (κ2) is 8.56. The van der Waals surface area contributed by atoms with Gasteiger partial charge < -0.3 is 10.6 Å². The lowest BCUT2D eigenvalue weighted by Gasteiger charge is -2.43. The average Bonchev–Trinajstić information content (AvgIpc) is 3.14. The van der Waals surface area contributed by atoms with E-state index < -0.39 is 11.7 Å². The highest BCUT2D eigenvalue weighted by Crippen LogP contribution is 2.44. The minimum Gasteiger partial charge on any atom is -0.356 e. The van der Waals surface area contributed by atoms with Crippen LogP contribution in [0.2, 0.25) is 0 Å². The van der Waals surface area contributed by atoms with Gasteiger partial charge in [0.1, 0.15) is 5.82 Å². The molecule has 1 saturated carbocycles. The summed E-state index contributed by atoms with van der Waals surface area (Å²) in [5.74, 6) is 1.46. The summed E-state index contributed by atoms with van der Waals surface area (Å²) in [5.41, 5.74) is 0.626. The zero-order valence-corrected chi connectivity index (χ0v) is 17.3. The number of nitrogens with zero attached hydrogens (tertiary/aromatic N) is 4. The first-order valence-electron chi connectivity index (χ1n) is 10.3. The Balaban J connectivity index is 1.36. The van der Waals surface area contributed by atoms with Gasteiger partial charge in [-0.1, -0.05) is 30.7 Å². The molecule has 0 radical (unpaired) electrons. The molecule has 0 unspecified atom stereocenters. The van der Waals surface area contributed by atoms with Gasteiger partial charge in [-0.05, 0) is 36.6 Å². The molecule has 1 aromatic carbocycles. The van der Waals surface area contributed by atoms with E-state index in [1.807, 2.05) is 28.8 Å². The number of benzene rings is 1. The van der Waals surface area contributed by atoms with E-state index in [9.17, 15) is 13.2 Å². The molecule has 1 fully saturated rings. The van der Waals surface area contributed by atoms with Crippen molar-refractivity contribution in [2.24, 2.45) is 4.99 Å². The van der Waals surface area contributed by atoms with Crippen molar-refractivity contribution in [2.75, 3.05) is 20.1 Å². The number of halogens is 3. The van der Waals surface area contributed by atoms with Crippen molar-refractivity contribution in [2.45, 2.75) is 37.3 Å². The fraction of sp³-hybridized carbons (Fsp3) is 0.409. The predicted molar refractivity (Wildman–Crippen MR) is 113 cm³/mol. The number of pyridine rings is 1. The van der Waals surface area contributed by atoms with E-state index >= 15 is 0 Å². The van der Waals surface area contributed by atoms with Crippen molar-refractivity contribution < 1.29 is 13.2 Å². The number of nitrogens with one attached hydrogen (secondary N) is 2. The van der Waals surface area contributed by atoms with Crippen LogP contribution in [0.1, 0.15) is 36.2 Å². The molecule has 0 amide bonds. The van der Waals surface area contributed by atoms with Gasteiger partial charge in [-0.15, -0.1) is 10.2 Å². The van der Waals surface area contributed by atoms with Gasteiger partial charge in [0.05, 0.1) is 5.56 Å². The number of hydrogen-bond acceptors (Lipinski definition) is 3. The van der Waals surface area contributed by atoms with Crippen LogP contribution in [-0.4, -0.2) is 40.7 Å². The second-order valence-corrected chi connectivity index (χ2v) is 7.86. The predicted octanol–water partition coefficient (Wildman–Crippen LogP) is 3.58. The standard InChI is InChI=1S/C22H25F3N6/c1-26-20(27-12-9-19-30-29-18-8-2-3-13-31(18)19)28-15-21(10-5-11-21)16-6-4-7-17(14-16)22(23,24)25/h2-4,6-8,13-14H,5,9-12,15H2,1H3,(H2,26,27,28). The van der Waals surface area contributed by atoms with Crippen LogP contribution in [-0.2, 0) is 18.0 Å². The molecule has 9 heteroatoms.